The quantitative estimate of drug-likeness (QED) is 0.745. The van der Waals surface area contributed by atoms with Gasteiger partial charge in [0.1, 0.15) is 5.82 Å². The molecule has 1 N–H and O–H groups in total. The highest BCUT2D eigenvalue weighted by atomic mass is 15.2. The van der Waals surface area contributed by atoms with Gasteiger partial charge in [-0.15, -0.1) is 5.10 Å². The number of nitrogens with zero attached hydrogens (tertiary/aromatic N) is 3. The maximum Gasteiger partial charge on any atom is 0.148 e. The second kappa shape index (κ2) is 4.77. The zero-order valence-electron chi connectivity index (χ0n) is 8.36. The second-order valence-electron chi connectivity index (χ2n) is 3.42. The monoisotopic (exact) mass is 180 g/mol. The van der Waals surface area contributed by atoms with Crippen LogP contribution in [0, 0.1) is 0 Å². The topological polar surface area (TPSA) is 41.0 Å². The summed E-state index contributed by atoms with van der Waals surface area (Å²) in [6.45, 7) is 3.10. The van der Waals surface area contributed by atoms with Crippen molar-refractivity contribution in [2.75, 3.05) is 26.0 Å². The van der Waals surface area contributed by atoms with E-state index in [2.05, 4.69) is 41.4 Å². The van der Waals surface area contributed by atoms with Gasteiger partial charge >= 0.3 is 0 Å². The molecule has 1 aromatic rings. The Hall–Kier alpha value is -1.16. The van der Waals surface area contributed by atoms with E-state index in [1.165, 1.54) is 0 Å². The zero-order chi connectivity index (χ0) is 9.68. The summed E-state index contributed by atoms with van der Waals surface area (Å²) < 4.78 is 0. The number of hydrogen-bond acceptors (Lipinski definition) is 4. The molecule has 0 aliphatic rings. The van der Waals surface area contributed by atoms with Gasteiger partial charge in [0, 0.05) is 18.8 Å². The highest BCUT2D eigenvalue weighted by Gasteiger charge is 2.03. The summed E-state index contributed by atoms with van der Waals surface area (Å²) in [4.78, 5) is 2.13. The first-order chi connectivity index (χ1) is 6.18. The van der Waals surface area contributed by atoms with Crippen LogP contribution in [0.25, 0.3) is 0 Å². The van der Waals surface area contributed by atoms with Crippen molar-refractivity contribution in [3.05, 3.63) is 18.3 Å². The summed E-state index contributed by atoms with van der Waals surface area (Å²) in [6, 6.07) is 4.17. The third kappa shape index (κ3) is 3.85. The van der Waals surface area contributed by atoms with Crippen molar-refractivity contribution in [2.24, 2.45) is 0 Å². The Morgan fingerprint density at radius 2 is 2.31 bits per heavy atom. The van der Waals surface area contributed by atoms with E-state index in [-0.39, 0.29) is 0 Å². The van der Waals surface area contributed by atoms with E-state index < -0.39 is 0 Å². The Morgan fingerprint density at radius 1 is 1.54 bits per heavy atom. The predicted molar refractivity (Wildman–Crippen MR) is 53.7 cm³/mol. The summed E-state index contributed by atoms with van der Waals surface area (Å²) >= 11 is 0. The SMILES string of the molecule is C[C@@H](CN(C)C)Nc1cccnn1. The lowest BCUT2D eigenvalue weighted by Gasteiger charge is -2.18. The molecular formula is C9H16N4. The lowest BCUT2D eigenvalue weighted by Crippen LogP contribution is -2.29. The maximum absolute atomic E-state index is 3.95. The predicted octanol–water partition coefficient (Wildman–Crippen LogP) is 0.839. The van der Waals surface area contributed by atoms with Crippen molar-refractivity contribution in [3.8, 4) is 0 Å². The number of anilines is 1. The number of nitrogens with one attached hydrogen (secondary N) is 1. The van der Waals surface area contributed by atoms with E-state index in [0.29, 0.717) is 6.04 Å². The summed E-state index contributed by atoms with van der Waals surface area (Å²) in [7, 11) is 4.10. The van der Waals surface area contributed by atoms with E-state index in [4.69, 9.17) is 0 Å². The van der Waals surface area contributed by atoms with E-state index >= 15 is 0 Å². The van der Waals surface area contributed by atoms with Crippen LogP contribution in [0.4, 0.5) is 5.82 Å². The Balaban J connectivity index is 2.41. The average molecular weight is 180 g/mol. The van der Waals surface area contributed by atoms with Gasteiger partial charge in [-0.1, -0.05) is 0 Å². The molecule has 0 amide bonds. The minimum atomic E-state index is 0.381. The Morgan fingerprint density at radius 3 is 2.85 bits per heavy atom. The molecule has 0 bridgehead atoms. The van der Waals surface area contributed by atoms with Gasteiger partial charge in [-0.3, -0.25) is 0 Å². The molecule has 1 heterocycles. The molecule has 4 heteroatoms. The van der Waals surface area contributed by atoms with Gasteiger partial charge in [0.05, 0.1) is 0 Å². The van der Waals surface area contributed by atoms with Gasteiger partial charge in [0.2, 0.25) is 0 Å². The Bertz CT molecular complexity index is 235. The van der Waals surface area contributed by atoms with E-state index in [1.54, 1.807) is 6.20 Å². The molecule has 1 atom stereocenters. The fourth-order valence-electron chi connectivity index (χ4n) is 1.22. The largest absolute Gasteiger partial charge is 0.365 e. The van der Waals surface area contributed by atoms with Crippen molar-refractivity contribution in [1.29, 1.82) is 0 Å². The van der Waals surface area contributed by atoms with Gasteiger partial charge in [0.25, 0.3) is 0 Å². The van der Waals surface area contributed by atoms with Crippen LogP contribution >= 0.6 is 0 Å². The smallest absolute Gasteiger partial charge is 0.148 e. The lowest BCUT2D eigenvalue weighted by atomic mass is 10.3. The van der Waals surface area contributed by atoms with Crippen molar-refractivity contribution >= 4 is 5.82 Å². The van der Waals surface area contributed by atoms with Gasteiger partial charge in [-0.2, -0.15) is 5.10 Å². The molecule has 72 valence electrons. The maximum atomic E-state index is 3.95. The fourth-order valence-corrected chi connectivity index (χ4v) is 1.22. The standard InChI is InChI=1S/C9H16N4/c1-8(7-13(2)3)11-9-5-4-6-10-12-9/h4-6,8H,7H2,1-3H3,(H,11,12)/t8-/m0/s1. The van der Waals surface area contributed by atoms with Crippen molar-refractivity contribution in [2.45, 2.75) is 13.0 Å². The molecule has 0 aliphatic heterocycles. The van der Waals surface area contributed by atoms with Gasteiger partial charge < -0.3 is 10.2 Å². The number of hydrogen-bond donors (Lipinski definition) is 1. The summed E-state index contributed by atoms with van der Waals surface area (Å²) in [5.74, 6) is 0.830. The molecule has 0 fully saturated rings. The van der Waals surface area contributed by atoms with E-state index in [1.807, 2.05) is 12.1 Å². The van der Waals surface area contributed by atoms with Crippen molar-refractivity contribution in [1.82, 2.24) is 15.1 Å². The first-order valence-corrected chi connectivity index (χ1v) is 4.37. The van der Waals surface area contributed by atoms with E-state index in [9.17, 15) is 0 Å². The highest BCUT2D eigenvalue weighted by molar-refractivity contribution is 5.32. The number of likely N-dealkylation sites (N-methyl/N-ethyl adjacent to an activating group) is 1. The Kier molecular flexibility index (Phi) is 3.64. The molecule has 0 spiro atoms. The second-order valence-corrected chi connectivity index (χ2v) is 3.42. The van der Waals surface area contributed by atoms with Crippen LogP contribution in [0.5, 0.6) is 0 Å². The van der Waals surface area contributed by atoms with Crippen LogP contribution < -0.4 is 5.32 Å². The third-order valence-electron chi connectivity index (χ3n) is 1.61. The van der Waals surface area contributed by atoms with Gasteiger partial charge in [0.15, 0.2) is 0 Å². The van der Waals surface area contributed by atoms with Crippen LogP contribution in [-0.2, 0) is 0 Å². The minimum absolute atomic E-state index is 0.381. The van der Waals surface area contributed by atoms with Crippen LogP contribution in [0.15, 0.2) is 18.3 Å². The molecule has 13 heavy (non-hydrogen) atoms. The molecule has 1 aromatic heterocycles. The molecule has 0 aromatic carbocycles. The lowest BCUT2D eigenvalue weighted by molar-refractivity contribution is 0.392. The van der Waals surface area contributed by atoms with Crippen LogP contribution in [0.2, 0.25) is 0 Å². The van der Waals surface area contributed by atoms with Crippen molar-refractivity contribution in [3.63, 3.8) is 0 Å². The summed E-state index contributed by atoms with van der Waals surface area (Å²) in [5.41, 5.74) is 0. The summed E-state index contributed by atoms with van der Waals surface area (Å²) in [6.07, 6.45) is 1.67. The van der Waals surface area contributed by atoms with Gasteiger partial charge in [-0.05, 0) is 33.2 Å². The zero-order valence-corrected chi connectivity index (χ0v) is 8.36. The molecule has 0 saturated heterocycles. The number of aromatic nitrogens is 2. The summed E-state index contributed by atoms with van der Waals surface area (Å²) in [5, 5.41) is 11.0. The number of rotatable bonds is 4. The highest BCUT2D eigenvalue weighted by Crippen LogP contribution is 2.00. The minimum Gasteiger partial charge on any atom is -0.365 e. The first kappa shape index (κ1) is 9.92. The molecule has 0 unspecified atom stereocenters. The Labute approximate surface area is 79.0 Å². The molecule has 4 nitrogen and oxygen atoms in total. The average Bonchev–Trinajstić information content (AvgIpc) is 2.04. The van der Waals surface area contributed by atoms with E-state index in [0.717, 1.165) is 12.4 Å². The third-order valence-corrected chi connectivity index (χ3v) is 1.61. The molecule has 0 radical (unpaired) electrons. The molecule has 0 aliphatic carbocycles. The van der Waals surface area contributed by atoms with Gasteiger partial charge in [-0.25, -0.2) is 0 Å². The molecule has 0 saturated carbocycles. The fraction of sp³-hybridized carbons (Fsp3) is 0.556. The first-order valence-electron chi connectivity index (χ1n) is 4.37. The van der Waals surface area contributed by atoms with Crippen LogP contribution in [0.3, 0.4) is 0 Å². The van der Waals surface area contributed by atoms with Crippen LogP contribution in [0.1, 0.15) is 6.92 Å². The molecule has 1 rings (SSSR count). The molecular weight excluding hydrogens is 164 g/mol. The van der Waals surface area contributed by atoms with Crippen molar-refractivity contribution < 1.29 is 0 Å². The normalized spacial score (nSPS) is 12.9. The van der Waals surface area contributed by atoms with Crippen LogP contribution in [-0.4, -0.2) is 41.8 Å².